The molecular formula is C19H32Cl2N4O3. The number of hydrogen-bond acceptors (Lipinski definition) is 5. The van der Waals surface area contributed by atoms with E-state index in [1.54, 1.807) is 0 Å². The molecule has 2 amide bonds. The van der Waals surface area contributed by atoms with E-state index in [1.807, 2.05) is 44.2 Å². The van der Waals surface area contributed by atoms with E-state index in [0.29, 0.717) is 19.8 Å². The van der Waals surface area contributed by atoms with Crippen molar-refractivity contribution < 1.29 is 14.3 Å². The molecule has 1 aliphatic rings. The molecule has 2 atom stereocenters. The van der Waals surface area contributed by atoms with Crippen molar-refractivity contribution >= 4 is 36.6 Å². The molecule has 1 saturated heterocycles. The van der Waals surface area contributed by atoms with Gasteiger partial charge in [-0.25, -0.2) is 0 Å². The Morgan fingerprint density at radius 3 is 2.32 bits per heavy atom. The Kier molecular flexibility index (Phi) is 13.1. The van der Waals surface area contributed by atoms with E-state index in [2.05, 4.69) is 15.5 Å². The van der Waals surface area contributed by atoms with Crippen LogP contribution in [0.2, 0.25) is 0 Å². The van der Waals surface area contributed by atoms with Crippen molar-refractivity contribution in [3.05, 3.63) is 35.9 Å². The molecule has 0 spiro atoms. The lowest BCUT2D eigenvalue weighted by Gasteiger charge is -2.31. The number of halogens is 2. The minimum atomic E-state index is -0.610. The summed E-state index contributed by atoms with van der Waals surface area (Å²) in [6, 6.07) is 9.11. The van der Waals surface area contributed by atoms with Crippen LogP contribution in [-0.4, -0.2) is 62.1 Å². The van der Waals surface area contributed by atoms with Crippen LogP contribution < -0.4 is 16.4 Å². The van der Waals surface area contributed by atoms with Crippen LogP contribution >= 0.6 is 24.8 Å². The topological polar surface area (TPSA) is 96.7 Å². The van der Waals surface area contributed by atoms with E-state index in [9.17, 15) is 9.59 Å². The SMILES string of the molecule is CC(C)[C@H](N)C(=O)NCC(=O)NC(CN1CCOCC1)c1ccccc1.Cl.Cl. The van der Waals surface area contributed by atoms with E-state index in [0.717, 1.165) is 18.7 Å². The van der Waals surface area contributed by atoms with Crippen LogP contribution in [0, 0.1) is 5.92 Å². The molecule has 0 radical (unpaired) electrons. The van der Waals surface area contributed by atoms with Crippen molar-refractivity contribution in [3.63, 3.8) is 0 Å². The van der Waals surface area contributed by atoms with E-state index in [4.69, 9.17) is 10.5 Å². The third kappa shape index (κ3) is 8.75. The number of rotatable bonds is 8. The summed E-state index contributed by atoms with van der Waals surface area (Å²) in [7, 11) is 0. The van der Waals surface area contributed by atoms with Gasteiger partial charge in [0.2, 0.25) is 11.8 Å². The number of nitrogens with two attached hydrogens (primary N) is 1. The van der Waals surface area contributed by atoms with Gasteiger partial charge in [-0.05, 0) is 11.5 Å². The number of benzene rings is 1. The van der Waals surface area contributed by atoms with Crippen LogP contribution in [-0.2, 0) is 14.3 Å². The smallest absolute Gasteiger partial charge is 0.239 e. The first-order chi connectivity index (χ1) is 12.5. The second-order valence-electron chi connectivity index (χ2n) is 6.93. The molecule has 1 unspecified atom stereocenters. The van der Waals surface area contributed by atoms with Gasteiger partial charge in [-0.1, -0.05) is 44.2 Å². The number of nitrogens with zero attached hydrogens (tertiary/aromatic N) is 1. The molecule has 28 heavy (non-hydrogen) atoms. The minimum absolute atomic E-state index is 0. The quantitative estimate of drug-likeness (QED) is 0.569. The van der Waals surface area contributed by atoms with Crippen LogP contribution in [0.5, 0.6) is 0 Å². The molecule has 9 heteroatoms. The first-order valence-electron chi connectivity index (χ1n) is 9.15. The molecule has 0 aromatic heterocycles. The van der Waals surface area contributed by atoms with E-state index >= 15 is 0 Å². The zero-order valence-electron chi connectivity index (χ0n) is 16.4. The maximum Gasteiger partial charge on any atom is 0.239 e. The van der Waals surface area contributed by atoms with E-state index in [1.165, 1.54) is 0 Å². The molecule has 1 aromatic carbocycles. The first-order valence-corrected chi connectivity index (χ1v) is 9.15. The molecule has 7 nitrogen and oxygen atoms in total. The highest BCUT2D eigenvalue weighted by molar-refractivity contribution is 5.87. The predicted molar refractivity (Wildman–Crippen MR) is 115 cm³/mol. The molecule has 1 aliphatic heterocycles. The first kappa shape index (κ1) is 26.6. The summed E-state index contributed by atoms with van der Waals surface area (Å²) in [4.78, 5) is 26.6. The molecule has 0 saturated carbocycles. The van der Waals surface area contributed by atoms with Gasteiger partial charge >= 0.3 is 0 Å². The standard InChI is InChI=1S/C19H30N4O3.2ClH/c1-14(2)18(20)19(25)21-12-17(24)22-16(15-6-4-3-5-7-15)13-23-8-10-26-11-9-23;;/h3-7,14,16,18H,8-13,20H2,1-2H3,(H,21,25)(H,22,24);2*1H/t16?,18-;;/m0../s1. The van der Waals surface area contributed by atoms with Gasteiger partial charge in [-0.2, -0.15) is 0 Å². The van der Waals surface area contributed by atoms with Crippen molar-refractivity contribution in [2.75, 3.05) is 39.4 Å². The van der Waals surface area contributed by atoms with Crippen LogP contribution in [0.25, 0.3) is 0 Å². The lowest BCUT2D eigenvalue weighted by Crippen LogP contribution is -2.48. The largest absolute Gasteiger partial charge is 0.379 e. The number of carbonyl (C=O) groups excluding carboxylic acids is 2. The molecule has 2 rings (SSSR count). The van der Waals surface area contributed by atoms with Crippen molar-refractivity contribution in [2.45, 2.75) is 25.9 Å². The van der Waals surface area contributed by atoms with Crippen LogP contribution in [0.3, 0.4) is 0 Å². The molecule has 1 aromatic rings. The number of nitrogens with one attached hydrogen (secondary N) is 2. The molecule has 0 bridgehead atoms. The highest BCUT2D eigenvalue weighted by Crippen LogP contribution is 2.15. The summed E-state index contributed by atoms with van der Waals surface area (Å²) in [6.45, 7) is 7.48. The zero-order chi connectivity index (χ0) is 18.9. The van der Waals surface area contributed by atoms with Gasteiger partial charge < -0.3 is 21.1 Å². The van der Waals surface area contributed by atoms with Crippen molar-refractivity contribution in [1.29, 1.82) is 0 Å². The van der Waals surface area contributed by atoms with Gasteiger partial charge in [0.1, 0.15) is 0 Å². The predicted octanol–water partition coefficient (Wildman–Crippen LogP) is 1.12. The minimum Gasteiger partial charge on any atom is -0.379 e. The van der Waals surface area contributed by atoms with Gasteiger partial charge in [-0.3, -0.25) is 14.5 Å². The molecule has 4 N–H and O–H groups in total. The van der Waals surface area contributed by atoms with Crippen molar-refractivity contribution in [3.8, 4) is 0 Å². The third-order valence-electron chi connectivity index (χ3n) is 4.53. The summed E-state index contributed by atoms with van der Waals surface area (Å²) in [6.07, 6.45) is 0. The third-order valence-corrected chi connectivity index (χ3v) is 4.53. The Morgan fingerprint density at radius 2 is 1.75 bits per heavy atom. The number of hydrogen-bond donors (Lipinski definition) is 3. The van der Waals surface area contributed by atoms with E-state index in [-0.39, 0.29) is 55.1 Å². The Labute approximate surface area is 179 Å². The summed E-state index contributed by atoms with van der Waals surface area (Å²) in [5.74, 6) is -0.507. The molecule has 0 aliphatic carbocycles. The Morgan fingerprint density at radius 1 is 1.14 bits per heavy atom. The Balaban J connectivity index is 0.00000364. The number of carbonyl (C=O) groups is 2. The number of ether oxygens (including phenoxy) is 1. The fraction of sp³-hybridized carbons (Fsp3) is 0.579. The summed E-state index contributed by atoms with van der Waals surface area (Å²) < 4.78 is 5.39. The Bertz CT molecular complexity index is 584. The fourth-order valence-electron chi connectivity index (χ4n) is 2.80. The second kappa shape index (κ2) is 13.7. The van der Waals surface area contributed by atoms with Gasteiger partial charge in [0.25, 0.3) is 0 Å². The molecular weight excluding hydrogens is 403 g/mol. The normalized spacial score (nSPS) is 16.3. The van der Waals surface area contributed by atoms with Crippen LogP contribution in [0.1, 0.15) is 25.5 Å². The second-order valence-corrected chi connectivity index (χ2v) is 6.93. The zero-order valence-corrected chi connectivity index (χ0v) is 18.1. The number of morpholine rings is 1. The highest BCUT2D eigenvalue weighted by atomic mass is 35.5. The Hall–Kier alpha value is -1.38. The summed E-state index contributed by atoms with van der Waals surface area (Å²) in [5, 5.41) is 5.64. The van der Waals surface area contributed by atoms with Crippen molar-refractivity contribution in [2.24, 2.45) is 11.7 Å². The van der Waals surface area contributed by atoms with Gasteiger partial charge in [0.05, 0.1) is 31.8 Å². The van der Waals surface area contributed by atoms with Gasteiger partial charge in [0, 0.05) is 19.6 Å². The van der Waals surface area contributed by atoms with Gasteiger partial charge in [0.15, 0.2) is 0 Å². The maximum atomic E-state index is 12.4. The maximum absolute atomic E-state index is 12.4. The fourth-order valence-corrected chi connectivity index (χ4v) is 2.80. The number of amides is 2. The lowest BCUT2D eigenvalue weighted by molar-refractivity contribution is -0.127. The van der Waals surface area contributed by atoms with Crippen molar-refractivity contribution in [1.82, 2.24) is 15.5 Å². The summed E-state index contributed by atoms with van der Waals surface area (Å²) in [5.41, 5.74) is 6.84. The van der Waals surface area contributed by atoms with E-state index < -0.39 is 6.04 Å². The molecule has 1 heterocycles. The average molecular weight is 435 g/mol. The summed E-state index contributed by atoms with van der Waals surface area (Å²) >= 11 is 0. The lowest BCUT2D eigenvalue weighted by atomic mass is 10.0. The van der Waals surface area contributed by atoms with Crippen LogP contribution in [0.4, 0.5) is 0 Å². The van der Waals surface area contributed by atoms with Gasteiger partial charge in [-0.15, -0.1) is 24.8 Å². The average Bonchev–Trinajstić information content (AvgIpc) is 2.66. The van der Waals surface area contributed by atoms with Crippen LogP contribution in [0.15, 0.2) is 30.3 Å². The molecule has 160 valence electrons. The highest BCUT2D eigenvalue weighted by Gasteiger charge is 2.21. The monoisotopic (exact) mass is 434 g/mol. The molecule has 1 fully saturated rings.